The van der Waals surface area contributed by atoms with Crippen molar-refractivity contribution >= 4 is 72.0 Å². The molecule has 3 rings (SSSR count). The Hall–Kier alpha value is -3.28. The van der Waals surface area contributed by atoms with Gasteiger partial charge in [0, 0.05) is 15.7 Å². The molecule has 0 atom stereocenters. The van der Waals surface area contributed by atoms with Crippen molar-refractivity contribution < 1.29 is 22.3 Å². The van der Waals surface area contributed by atoms with Crippen molar-refractivity contribution in [3.63, 3.8) is 0 Å². The topological polar surface area (TPSA) is 139 Å². The molecular weight excluding hydrogens is 641 g/mol. The van der Waals surface area contributed by atoms with Crippen LogP contribution in [0.15, 0.2) is 81.7 Å². The number of nitrogens with zero attached hydrogens (tertiary/aromatic N) is 2. The molecule has 172 valence electrons. The highest BCUT2D eigenvalue weighted by Gasteiger charge is 2.20. The van der Waals surface area contributed by atoms with E-state index < -0.39 is 20.9 Å². The third kappa shape index (κ3) is 6.19. The van der Waals surface area contributed by atoms with Crippen LogP contribution < -0.4 is 9.50 Å². The smallest absolute Gasteiger partial charge is 0.339 e. The Bertz CT molecular complexity index is 1450. The number of halogens is 2. The minimum absolute atomic E-state index is 0.0442. The van der Waals surface area contributed by atoms with Crippen LogP contribution in [0.2, 0.25) is 0 Å². The quantitative estimate of drug-likeness (QED) is 0.0914. The van der Waals surface area contributed by atoms with Gasteiger partial charge in [-0.2, -0.15) is 13.7 Å². The summed E-state index contributed by atoms with van der Waals surface area (Å²) in [6.07, 6.45) is 1.35. The second-order valence-electron chi connectivity index (χ2n) is 6.58. The number of non-ortho nitro benzene ring substituents is 1. The van der Waals surface area contributed by atoms with Gasteiger partial charge >= 0.3 is 10.1 Å². The Labute approximate surface area is 216 Å². The van der Waals surface area contributed by atoms with Crippen LogP contribution in [0.3, 0.4) is 0 Å². The number of anilines is 1. The molecule has 0 spiro atoms. The fraction of sp³-hybridized carbons (Fsp3) is 0. The zero-order valence-electron chi connectivity index (χ0n) is 16.9. The summed E-state index contributed by atoms with van der Waals surface area (Å²) in [5.41, 5.74) is 0.603. The number of carbonyl (C=O) groups excluding carboxylic acids is 1. The molecule has 9 nitrogen and oxygen atoms in total. The van der Waals surface area contributed by atoms with Gasteiger partial charge in [-0.1, -0.05) is 18.2 Å². The third-order valence-electron chi connectivity index (χ3n) is 4.29. The maximum absolute atomic E-state index is 12.5. The summed E-state index contributed by atoms with van der Waals surface area (Å²) in [7, 11) is -4.26. The molecule has 0 aliphatic carbocycles. The van der Waals surface area contributed by atoms with E-state index in [9.17, 15) is 28.6 Å². The maximum atomic E-state index is 12.5. The van der Waals surface area contributed by atoms with E-state index >= 15 is 0 Å². The predicted octanol–water partition coefficient (Wildman–Crippen LogP) is 5.28. The van der Waals surface area contributed by atoms with Gasteiger partial charge in [0.05, 0.1) is 15.1 Å². The number of hydrogen-bond acceptors (Lipinski definition) is 7. The van der Waals surface area contributed by atoms with E-state index in [0.717, 1.165) is 27.8 Å². The first-order valence-corrected chi connectivity index (χ1v) is 12.5. The Morgan fingerprint density at radius 1 is 1.15 bits per heavy atom. The van der Waals surface area contributed by atoms with Crippen LogP contribution in [0.25, 0.3) is 6.08 Å². The molecule has 1 N–H and O–H groups in total. The Balaban J connectivity index is 1.80. The van der Waals surface area contributed by atoms with Crippen molar-refractivity contribution in [3.05, 3.63) is 96.0 Å². The Morgan fingerprint density at radius 3 is 2.41 bits per heavy atom. The predicted molar refractivity (Wildman–Crippen MR) is 136 cm³/mol. The maximum Gasteiger partial charge on any atom is 0.339 e. The van der Waals surface area contributed by atoms with Crippen LogP contribution in [0.1, 0.15) is 5.56 Å². The fourth-order valence-electron chi connectivity index (χ4n) is 2.64. The summed E-state index contributed by atoms with van der Waals surface area (Å²) in [6, 6.07) is 17.5. The van der Waals surface area contributed by atoms with Crippen LogP contribution >= 0.6 is 38.5 Å². The molecule has 3 aromatic carbocycles. The van der Waals surface area contributed by atoms with Crippen LogP contribution in [0.5, 0.6) is 5.75 Å². The summed E-state index contributed by atoms with van der Waals surface area (Å²) in [4.78, 5) is 22.3. The molecule has 3 aromatic rings. The largest absolute Gasteiger partial charge is 0.378 e. The van der Waals surface area contributed by atoms with Crippen LogP contribution in [0.4, 0.5) is 11.4 Å². The SMILES string of the molecule is N#C/C(=C/c1ccc(OS(=O)(=O)c2ccc([N+](=O)[O-])cc2)c(Br)c1)C(=O)Nc1ccccc1I. The number of amides is 1. The van der Waals surface area contributed by atoms with Crippen molar-refractivity contribution in [1.82, 2.24) is 0 Å². The van der Waals surface area contributed by atoms with E-state index in [2.05, 4.69) is 43.8 Å². The van der Waals surface area contributed by atoms with E-state index in [1.165, 1.54) is 24.3 Å². The standard InChI is InChI=1S/C22H13BrIN3O6S/c23-18-12-14(11-15(13-25)22(28)26-20-4-2-1-3-19(20)24)5-10-21(18)33-34(31,32)17-8-6-16(7-9-17)27(29)30/h1-12H,(H,26,28)/b15-11-. The molecule has 0 saturated heterocycles. The minimum atomic E-state index is -4.26. The van der Waals surface area contributed by atoms with Gasteiger partial charge in [-0.25, -0.2) is 0 Å². The van der Waals surface area contributed by atoms with Gasteiger partial charge in [0.2, 0.25) is 0 Å². The number of hydrogen-bond donors (Lipinski definition) is 1. The number of nitro benzene ring substituents is 1. The van der Waals surface area contributed by atoms with E-state index in [1.807, 2.05) is 18.2 Å². The molecule has 12 heteroatoms. The number of nitro groups is 1. The van der Waals surface area contributed by atoms with Crippen molar-refractivity contribution in [1.29, 1.82) is 5.26 Å². The number of nitrogens with one attached hydrogen (secondary N) is 1. The summed E-state index contributed by atoms with van der Waals surface area (Å²) in [6.45, 7) is 0. The van der Waals surface area contributed by atoms with Gasteiger partial charge in [-0.3, -0.25) is 14.9 Å². The zero-order chi connectivity index (χ0) is 24.9. The van der Waals surface area contributed by atoms with Gasteiger partial charge in [0.1, 0.15) is 16.5 Å². The Morgan fingerprint density at radius 2 is 1.82 bits per heavy atom. The number of benzene rings is 3. The normalized spacial score (nSPS) is 11.4. The van der Waals surface area contributed by atoms with Crippen LogP contribution in [0, 0.1) is 25.0 Å². The second-order valence-corrected chi connectivity index (χ2v) is 10.1. The lowest BCUT2D eigenvalue weighted by molar-refractivity contribution is -0.384. The number of para-hydroxylation sites is 1. The molecule has 0 saturated carbocycles. The van der Waals surface area contributed by atoms with Crippen molar-refractivity contribution in [2.45, 2.75) is 4.90 Å². The fourth-order valence-corrected chi connectivity index (χ4v) is 4.70. The Kier molecular flexibility index (Phi) is 8.02. The lowest BCUT2D eigenvalue weighted by Crippen LogP contribution is -2.14. The molecule has 0 aliphatic rings. The highest BCUT2D eigenvalue weighted by atomic mass is 127. The lowest BCUT2D eigenvalue weighted by Gasteiger charge is -2.10. The molecule has 0 radical (unpaired) electrons. The first-order valence-electron chi connectivity index (χ1n) is 9.27. The lowest BCUT2D eigenvalue weighted by atomic mass is 10.1. The summed E-state index contributed by atoms with van der Waals surface area (Å²) >= 11 is 5.29. The molecule has 0 bridgehead atoms. The summed E-state index contributed by atoms with van der Waals surface area (Å²) in [5.74, 6) is -0.638. The molecule has 0 fully saturated rings. The van der Waals surface area contributed by atoms with Gasteiger partial charge in [-0.15, -0.1) is 0 Å². The summed E-state index contributed by atoms with van der Waals surface area (Å²) in [5, 5.41) is 22.8. The minimum Gasteiger partial charge on any atom is -0.378 e. The van der Waals surface area contributed by atoms with Gasteiger partial charge < -0.3 is 9.50 Å². The second kappa shape index (κ2) is 10.8. The molecule has 0 aliphatic heterocycles. The molecular formula is C22H13BrIN3O6S. The molecule has 0 unspecified atom stereocenters. The third-order valence-corrected chi connectivity index (χ3v) is 7.10. The van der Waals surface area contributed by atoms with Gasteiger partial charge in [-0.05, 0) is 86.6 Å². The molecule has 0 heterocycles. The first-order chi connectivity index (χ1) is 16.1. The van der Waals surface area contributed by atoms with Crippen LogP contribution in [-0.4, -0.2) is 19.2 Å². The number of carbonyl (C=O) groups is 1. The molecule has 34 heavy (non-hydrogen) atoms. The van der Waals surface area contributed by atoms with E-state index in [1.54, 1.807) is 12.1 Å². The molecule has 0 aromatic heterocycles. The van der Waals surface area contributed by atoms with Crippen molar-refractivity contribution in [2.75, 3.05) is 5.32 Å². The average molecular weight is 654 g/mol. The summed E-state index contributed by atoms with van der Waals surface area (Å²) < 4.78 is 31.2. The number of nitriles is 1. The van der Waals surface area contributed by atoms with Crippen molar-refractivity contribution in [3.8, 4) is 11.8 Å². The molecule has 1 amide bonds. The monoisotopic (exact) mass is 653 g/mol. The van der Waals surface area contributed by atoms with Gasteiger partial charge in [0.15, 0.2) is 5.75 Å². The highest BCUT2D eigenvalue weighted by molar-refractivity contribution is 14.1. The number of rotatable bonds is 7. The van der Waals surface area contributed by atoms with E-state index in [4.69, 9.17) is 4.18 Å². The van der Waals surface area contributed by atoms with Crippen LogP contribution in [-0.2, 0) is 14.9 Å². The van der Waals surface area contributed by atoms with E-state index in [0.29, 0.717) is 11.3 Å². The first kappa shape index (κ1) is 25.3. The highest BCUT2D eigenvalue weighted by Crippen LogP contribution is 2.30. The average Bonchev–Trinajstić information content (AvgIpc) is 2.80. The van der Waals surface area contributed by atoms with E-state index in [-0.39, 0.29) is 26.4 Å². The van der Waals surface area contributed by atoms with Crippen molar-refractivity contribution in [2.24, 2.45) is 0 Å². The zero-order valence-corrected chi connectivity index (χ0v) is 21.5. The van der Waals surface area contributed by atoms with Gasteiger partial charge in [0.25, 0.3) is 11.6 Å².